The van der Waals surface area contributed by atoms with Gasteiger partial charge in [0, 0.05) is 0 Å². The van der Waals surface area contributed by atoms with Gasteiger partial charge in [-0.25, -0.2) is 0 Å². The number of ether oxygens (including phenoxy) is 4. The van der Waals surface area contributed by atoms with Gasteiger partial charge in [0.25, 0.3) is 5.91 Å². The number of amides is 1. The van der Waals surface area contributed by atoms with Crippen LogP contribution in [0.4, 0.5) is 0 Å². The van der Waals surface area contributed by atoms with E-state index in [0.717, 1.165) is 11.5 Å². The summed E-state index contributed by atoms with van der Waals surface area (Å²) in [5.74, 6) is 2.54. The first-order valence-corrected chi connectivity index (χ1v) is 8.73. The standard InChI is InChI=1S/C20H23NO5/c1-3-23-15-8-10-16(11-9-15)24-13-12-21-20(22)19-14(2)25-17-6-4-5-7-18(17)26-19/h4-11,14,19H,3,12-13H2,1-2H3,(H,21,22). The van der Waals surface area contributed by atoms with Crippen molar-refractivity contribution in [2.24, 2.45) is 0 Å². The van der Waals surface area contributed by atoms with Crippen LogP contribution in [0.15, 0.2) is 48.5 Å². The smallest absolute Gasteiger partial charge is 0.265 e. The van der Waals surface area contributed by atoms with E-state index in [4.69, 9.17) is 18.9 Å². The minimum atomic E-state index is -0.685. The van der Waals surface area contributed by atoms with E-state index in [9.17, 15) is 4.79 Å². The summed E-state index contributed by atoms with van der Waals surface area (Å²) in [5.41, 5.74) is 0. The van der Waals surface area contributed by atoms with Gasteiger partial charge in [-0.1, -0.05) is 12.1 Å². The monoisotopic (exact) mass is 357 g/mol. The van der Waals surface area contributed by atoms with Gasteiger partial charge in [-0.3, -0.25) is 4.79 Å². The van der Waals surface area contributed by atoms with E-state index in [1.807, 2.05) is 56.3 Å². The van der Waals surface area contributed by atoms with E-state index < -0.39 is 6.10 Å². The van der Waals surface area contributed by atoms with Crippen LogP contribution in [0.3, 0.4) is 0 Å². The number of rotatable bonds is 7. The molecule has 0 aromatic heterocycles. The number of para-hydroxylation sites is 2. The Balaban J connectivity index is 1.44. The van der Waals surface area contributed by atoms with Gasteiger partial charge < -0.3 is 24.3 Å². The summed E-state index contributed by atoms with van der Waals surface area (Å²) in [5, 5.41) is 2.82. The van der Waals surface area contributed by atoms with Gasteiger partial charge >= 0.3 is 0 Å². The SMILES string of the molecule is CCOc1ccc(OCCNC(=O)C2Oc3ccccc3OC2C)cc1. The Labute approximate surface area is 153 Å². The summed E-state index contributed by atoms with van der Waals surface area (Å²) >= 11 is 0. The van der Waals surface area contributed by atoms with E-state index in [-0.39, 0.29) is 12.0 Å². The zero-order chi connectivity index (χ0) is 18.4. The van der Waals surface area contributed by atoms with Crippen molar-refractivity contribution < 1.29 is 23.7 Å². The third-order valence-corrected chi connectivity index (χ3v) is 3.91. The highest BCUT2D eigenvalue weighted by Gasteiger charge is 2.33. The van der Waals surface area contributed by atoms with Gasteiger partial charge in [-0.15, -0.1) is 0 Å². The fourth-order valence-corrected chi connectivity index (χ4v) is 2.65. The molecule has 0 saturated heterocycles. The van der Waals surface area contributed by atoms with Crippen LogP contribution in [-0.2, 0) is 4.79 Å². The molecule has 1 aliphatic rings. The number of fused-ring (bicyclic) bond motifs is 1. The highest BCUT2D eigenvalue weighted by molar-refractivity contribution is 5.82. The molecule has 2 unspecified atom stereocenters. The fourth-order valence-electron chi connectivity index (χ4n) is 2.65. The van der Waals surface area contributed by atoms with Crippen LogP contribution in [0.2, 0.25) is 0 Å². The average molecular weight is 357 g/mol. The van der Waals surface area contributed by atoms with Crippen molar-refractivity contribution in [3.63, 3.8) is 0 Å². The summed E-state index contributed by atoms with van der Waals surface area (Å²) in [4.78, 5) is 12.4. The largest absolute Gasteiger partial charge is 0.494 e. The van der Waals surface area contributed by atoms with Gasteiger partial charge in [-0.05, 0) is 50.2 Å². The molecule has 6 heteroatoms. The predicted molar refractivity (Wildman–Crippen MR) is 97.1 cm³/mol. The molecule has 1 amide bonds. The zero-order valence-electron chi connectivity index (χ0n) is 14.9. The molecule has 1 N–H and O–H groups in total. The van der Waals surface area contributed by atoms with Gasteiger partial charge in [0.2, 0.25) is 6.10 Å². The number of benzene rings is 2. The molecule has 0 spiro atoms. The Hall–Kier alpha value is -2.89. The van der Waals surface area contributed by atoms with Crippen molar-refractivity contribution in [3.05, 3.63) is 48.5 Å². The van der Waals surface area contributed by atoms with E-state index >= 15 is 0 Å². The summed E-state index contributed by atoms with van der Waals surface area (Å²) in [6, 6.07) is 14.7. The molecule has 26 heavy (non-hydrogen) atoms. The lowest BCUT2D eigenvalue weighted by Gasteiger charge is -2.31. The second-order valence-corrected chi connectivity index (χ2v) is 5.85. The van der Waals surface area contributed by atoms with Crippen LogP contribution < -0.4 is 24.3 Å². The van der Waals surface area contributed by atoms with E-state index in [2.05, 4.69) is 5.32 Å². The summed E-state index contributed by atoms with van der Waals surface area (Å²) < 4.78 is 22.5. The van der Waals surface area contributed by atoms with Crippen LogP contribution in [0, 0.1) is 0 Å². The lowest BCUT2D eigenvalue weighted by Crippen LogP contribution is -2.49. The number of nitrogens with one attached hydrogen (secondary N) is 1. The number of carbonyl (C=O) groups excluding carboxylic acids is 1. The van der Waals surface area contributed by atoms with Crippen LogP contribution in [-0.4, -0.2) is 37.9 Å². The van der Waals surface area contributed by atoms with Crippen molar-refractivity contribution >= 4 is 5.91 Å². The molecule has 2 atom stereocenters. The first-order valence-electron chi connectivity index (χ1n) is 8.73. The molecule has 1 aliphatic heterocycles. The van der Waals surface area contributed by atoms with Gasteiger partial charge in [0.05, 0.1) is 13.2 Å². The Morgan fingerprint density at radius 2 is 1.62 bits per heavy atom. The highest BCUT2D eigenvalue weighted by Crippen LogP contribution is 2.33. The third kappa shape index (κ3) is 4.39. The number of hydrogen-bond donors (Lipinski definition) is 1. The Morgan fingerprint density at radius 3 is 2.27 bits per heavy atom. The molecule has 0 fully saturated rings. The molecular formula is C20H23NO5. The molecule has 0 bridgehead atoms. The lowest BCUT2D eigenvalue weighted by molar-refractivity contribution is -0.133. The lowest BCUT2D eigenvalue weighted by atomic mass is 10.1. The van der Waals surface area contributed by atoms with Gasteiger partial charge in [-0.2, -0.15) is 0 Å². The number of hydrogen-bond acceptors (Lipinski definition) is 5. The Bertz CT molecular complexity index is 731. The maximum Gasteiger partial charge on any atom is 0.265 e. The maximum atomic E-state index is 12.4. The quantitative estimate of drug-likeness (QED) is 0.772. The van der Waals surface area contributed by atoms with Crippen LogP contribution in [0.5, 0.6) is 23.0 Å². The van der Waals surface area contributed by atoms with Crippen molar-refractivity contribution in [1.29, 1.82) is 0 Å². The molecule has 1 heterocycles. The third-order valence-electron chi connectivity index (χ3n) is 3.91. The number of carbonyl (C=O) groups is 1. The van der Waals surface area contributed by atoms with Gasteiger partial charge in [0.1, 0.15) is 24.2 Å². The minimum Gasteiger partial charge on any atom is -0.494 e. The Morgan fingerprint density at radius 1 is 1.00 bits per heavy atom. The van der Waals surface area contributed by atoms with E-state index in [1.165, 1.54) is 0 Å². The summed E-state index contributed by atoms with van der Waals surface area (Å²) in [6.07, 6.45) is -1.05. The first kappa shape index (κ1) is 17.9. The topological polar surface area (TPSA) is 66.0 Å². The average Bonchev–Trinajstić information content (AvgIpc) is 2.66. The molecular weight excluding hydrogens is 334 g/mol. The predicted octanol–water partition coefficient (Wildman–Crippen LogP) is 2.81. The van der Waals surface area contributed by atoms with Crippen molar-refractivity contribution in [2.75, 3.05) is 19.8 Å². The second-order valence-electron chi connectivity index (χ2n) is 5.85. The summed E-state index contributed by atoms with van der Waals surface area (Å²) in [6.45, 7) is 5.12. The van der Waals surface area contributed by atoms with Crippen LogP contribution in [0.25, 0.3) is 0 Å². The maximum absolute atomic E-state index is 12.4. The molecule has 0 aliphatic carbocycles. The first-order chi connectivity index (χ1) is 12.7. The molecule has 138 valence electrons. The molecule has 0 radical (unpaired) electrons. The second kappa shape index (κ2) is 8.47. The molecule has 2 aromatic carbocycles. The molecule has 3 rings (SSSR count). The summed E-state index contributed by atoms with van der Waals surface area (Å²) in [7, 11) is 0. The fraction of sp³-hybridized carbons (Fsp3) is 0.350. The Kier molecular flexibility index (Phi) is 5.84. The minimum absolute atomic E-state index is 0.220. The van der Waals surface area contributed by atoms with Crippen LogP contribution in [0.1, 0.15) is 13.8 Å². The highest BCUT2D eigenvalue weighted by atomic mass is 16.6. The van der Waals surface area contributed by atoms with Crippen LogP contribution >= 0.6 is 0 Å². The molecule has 2 aromatic rings. The van der Waals surface area contributed by atoms with Crippen molar-refractivity contribution in [3.8, 4) is 23.0 Å². The van der Waals surface area contributed by atoms with Crippen molar-refractivity contribution in [2.45, 2.75) is 26.1 Å². The molecule has 6 nitrogen and oxygen atoms in total. The van der Waals surface area contributed by atoms with Gasteiger partial charge in [0.15, 0.2) is 11.5 Å². The normalized spacial score (nSPS) is 18.1. The van der Waals surface area contributed by atoms with E-state index in [1.54, 1.807) is 6.07 Å². The van der Waals surface area contributed by atoms with E-state index in [0.29, 0.717) is 31.3 Å². The zero-order valence-corrected chi connectivity index (χ0v) is 14.9. The molecule has 0 saturated carbocycles. The van der Waals surface area contributed by atoms with Crippen molar-refractivity contribution in [1.82, 2.24) is 5.32 Å².